The van der Waals surface area contributed by atoms with E-state index in [0.29, 0.717) is 0 Å². The summed E-state index contributed by atoms with van der Waals surface area (Å²) in [6, 6.07) is 10.4. The maximum Gasteiger partial charge on any atom is 0.0966 e. The fourth-order valence-electron chi connectivity index (χ4n) is 2.00. The van der Waals surface area contributed by atoms with Crippen LogP contribution in [0.4, 0.5) is 5.69 Å². The number of hydrogen-bond donors (Lipinski definition) is 0. The molecule has 2 rings (SSSR count). The lowest BCUT2D eigenvalue weighted by molar-refractivity contribution is 0.895. The van der Waals surface area contributed by atoms with E-state index >= 15 is 0 Å². The van der Waals surface area contributed by atoms with Crippen LogP contribution in [0.5, 0.6) is 0 Å². The third-order valence-electron chi connectivity index (χ3n) is 3.10. The summed E-state index contributed by atoms with van der Waals surface area (Å²) < 4.78 is 0. The van der Waals surface area contributed by atoms with Crippen molar-refractivity contribution in [2.24, 2.45) is 4.99 Å². The van der Waals surface area contributed by atoms with Gasteiger partial charge in [0, 0.05) is 26.0 Å². The van der Waals surface area contributed by atoms with E-state index in [1.54, 1.807) is 0 Å². The molecule has 0 unspecified atom stereocenters. The first kappa shape index (κ1) is 12.4. The molecule has 0 radical (unpaired) electrons. The molecule has 0 aromatic heterocycles. The minimum atomic E-state index is 0.844. The quantitative estimate of drug-likeness (QED) is 0.760. The Morgan fingerprint density at radius 3 is 2.56 bits per heavy atom. The second kappa shape index (κ2) is 5.50. The predicted octanol–water partition coefficient (Wildman–Crippen LogP) is 3.13. The predicted molar refractivity (Wildman–Crippen MR) is 74.9 cm³/mol. The molecule has 0 bridgehead atoms. The van der Waals surface area contributed by atoms with Crippen molar-refractivity contribution >= 4 is 11.9 Å². The van der Waals surface area contributed by atoms with Crippen molar-refractivity contribution in [2.45, 2.75) is 19.3 Å². The van der Waals surface area contributed by atoms with Crippen LogP contribution in [0.15, 0.2) is 40.5 Å². The van der Waals surface area contributed by atoms with Crippen LogP contribution in [0.2, 0.25) is 0 Å². The third kappa shape index (κ3) is 2.78. The number of benzene rings is 1. The molecule has 0 fully saturated rings. The Labute approximate surface area is 108 Å². The summed E-state index contributed by atoms with van der Waals surface area (Å²) in [6.45, 7) is 0. The number of rotatable bonds is 3. The van der Waals surface area contributed by atoms with Crippen LogP contribution in [-0.2, 0) is 0 Å². The molecule has 1 aromatic rings. The third-order valence-corrected chi connectivity index (χ3v) is 3.10. The number of aliphatic imine (C=N–C) groups is 1. The van der Waals surface area contributed by atoms with Gasteiger partial charge in [0.15, 0.2) is 0 Å². The highest BCUT2D eigenvalue weighted by Gasteiger charge is 2.12. The molecule has 0 N–H and O–H groups in total. The summed E-state index contributed by atoms with van der Waals surface area (Å²) in [4.78, 5) is 6.50. The summed E-state index contributed by atoms with van der Waals surface area (Å²) in [5.74, 6) is 0. The summed E-state index contributed by atoms with van der Waals surface area (Å²) in [5.41, 5.74) is 4.03. The number of nitriles is 1. The minimum Gasteiger partial charge on any atom is -0.378 e. The van der Waals surface area contributed by atoms with Gasteiger partial charge in [0.1, 0.15) is 0 Å². The molecule has 0 spiro atoms. The van der Waals surface area contributed by atoms with Gasteiger partial charge in [0.2, 0.25) is 0 Å². The highest BCUT2D eigenvalue weighted by Crippen LogP contribution is 2.26. The van der Waals surface area contributed by atoms with Crippen LogP contribution < -0.4 is 4.90 Å². The van der Waals surface area contributed by atoms with E-state index < -0.39 is 0 Å². The standard InChI is InChI=1S/C15H17N3/c1-18(2)14-8-6-12(7-9-14)11-17-15-5-3-4-13(15)10-16/h6-9,11H,3-5H2,1-2H3. The van der Waals surface area contributed by atoms with Crippen molar-refractivity contribution in [1.29, 1.82) is 5.26 Å². The lowest BCUT2D eigenvalue weighted by Crippen LogP contribution is -2.08. The van der Waals surface area contributed by atoms with Gasteiger partial charge in [0.05, 0.1) is 17.3 Å². The Balaban J connectivity index is 2.12. The second-order valence-electron chi connectivity index (χ2n) is 4.63. The van der Waals surface area contributed by atoms with Gasteiger partial charge in [-0.3, -0.25) is 4.99 Å². The topological polar surface area (TPSA) is 39.4 Å². The van der Waals surface area contributed by atoms with Gasteiger partial charge in [-0.25, -0.2) is 0 Å². The van der Waals surface area contributed by atoms with Crippen molar-refractivity contribution in [3.05, 3.63) is 41.1 Å². The van der Waals surface area contributed by atoms with Crippen LogP contribution in [0.1, 0.15) is 24.8 Å². The molecule has 3 heteroatoms. The van der Waals surface area contributed by atoms with Crippen LogP contribution >= 0.6 is 0 Å². The van der Waals surface area contributed by atoms with Crippen molar-refractivity contribution < 1.29 is 0 Å². The van der Waals surface area contributed by atoms with E-state index in [-0.39, 0.29) is 0 Å². The second-order valence-corrected chi connectivity index (χ2v) is 4.63. The van der Waals surface area contributed by atoms with E-state index in [4.69, 9.17) is 5.26 Å². The van der Waals surface area contributed by atoms with E-state index in [1.165, 1.54) is 5.69 Å². The minimum absolute atomic E-state index is 0.844. The van der Waals surface area contributed by atoms with Crippen LogP contribution in [0.25, 0.3) is 0 Å². The Morgan fingerprint density at radius 1 is 1.22 bits per heavy atom. The van der Waals surface area contributed by atoms with Gasteiger partial charge in [-0.05, 0) is 37.0 Å². The molecule has 0 aliphatic heterocycles. The highest BCUT2D eigenvalue weighted by molar-refractivity contribution is 5.81. The molecule has 0 atom stereocenters. The number of allylic oxidation sites excluding steroid dienone is 2. The van der Waals surface area contributed by atoms with E-state index in [2.05, 4.69) is 28.1 Å². The molecule has 0 saturated carbocycles. The Morgan fingerprint density at radius 2 is 1.94 bits per heavy atom. The molecule has 3 nitrogen and oxygen atoms in total. The average Bonchev–Trinajstić information content (AvgIpc) is 2.84. The Hall–Kier alpha value is -2.08. The molecule has 0 amide bonds. The first-order chi connectivity index (χ1) is 8.70. The van der Waals surface area contributed by atoms with E-state index in [9.17, 15) is 0 Å². The monoisotopic (exact) mass is 239 g/mol. The van der Waals surface area contributed by atoms with E-state index in [1.807, 2.05) is 32.4 Å². The van der Waals surface area contributed by atoms with Crippen molar-refractivity contribution in [1.82, 2.24) is 0 Å². The molecule has 1 aliphatic carbocycles. The zero-order valence-corrected chi connectivity index (χ0v) is 10.8. The van der Waals surface area contributed by atoms with Gasteiger partial charge in [0.25, 0.3) is 0 Å². The Bertz CT molecular complexity index is 516. The summed E-state index contributed by atoms with van der Waals surface area (Å²) >= 11 is 0. The molecule has 1 aliphatic rings. The molecule has 1 aromatic carbocycles. The fourth-order valence-corrected chi connectivity index (χ4v) is 2.00. The van der Waals surface area contributed by atoms with E-state index in [0.717, 1.165) is 36.1 Å². The van der Waals surface area contributed by atoms with Gasteiger partial charge in [-0.2, -0.15) is 5.26 Å². The smallest absolute Gasteiger partial charge is 0.0966 e. The lowest BCUT2D eigenvalue weighted by Gasteiger charge is -2.11. The average molecular weight is 239 g/mol. The first-order valence-electron chi connectivity index (χ1n) is 6.14. The largest absolute Gasteiger partial charge is 0.378 e. The first-order valence-corrected chi connectivity index (χ1v) is 6.14. The normalized spacial score (nSPS) is 15.2. The van der Waals surface area contributed by atoms with Gasteiger partial charge < -0.3 is 4.90 Å². The molecular formula is C15H17N3. The van der Waals surface area contributed by atoms with Gasteiger partial charge in [-0.15, -0.1) is 0 Å². The SMILES string of the molecule is CN(C)c1ccc(C=NC2=C(C#N)CCC2)cc1. The Kier molecular flexibility index (Phi) is 3.78. The zero-order chi connectivity index (χ0) is 13.0. The van der Waals surface area contributed by atoms with Gasteiger partial charge in [-0.1, -0.05) is 12.1 Å². The molecule has 0 saturated heterocycles. The van der Waals surface area contributed by atoms with Crippen LogP contribution in [0.3, 0.4) is 0 Å². The van der Waals surface area contributed by atoms with Crippen molar-refractivity contribution in [3.8, 4) is 6.07 Å². The van der Waals surface area contributed by atoms with Gasteiger partial charge >= 0.3 is 0 Å². The number of anilines is 1. The maximum atomic E-state index is 8.94. The zero-order valence-electron chi connectivity index (χ0n) is 10.8. The highest BCUT2D eigenvalue weighted by atomic mass is 15.1. The number of nitrogens with zero attached hydrogens (tertiary/aromatic N) is 3. The molecule has 0 heterocycles. The van der Waals surface area contributed by atoms with Crippen molar-refractivity contribution in [2.75, 3.05) is 19.0 Å². The molecule has 92 valence electrons. The summed E-state index contributed by atoms with van der Waals surface area (Å²) in [5, 5.41) is 8.94. The lowest BCUT2D eigenvalue weighted by atomic mass is 10.2. The van der Waals surface area contributed by atoms with Crippen molar-refractivity contribution in [3.63, 3.8) is 0 Å². The summed E-state index contributed by atoms with van der Waals surface area (Å²) in [7, 11) is 4.04. The molecular weight excluding hydrogens is 222 g/mol. The van der Waals surface area contributed by atoms with Crippen LogP contribution in [0, 0.1) is 11.3 Å². The maximum absolute atomic E-state index is 8.94. The molecule has 18 heavy (non-hydrogen) atoms. The number of hydrogen-bond acceptors (Lipinski definition) is 3. The van der Waals surface area contributed by atoms with Crippen LogP contribution in [-0.4, -0.2) is 20.3 Å². The summed E-state index contributed by atoms with van der Waals surface area (Å²) in [6.07, 6.45) is 4.70. The fraction of sp³-hybridized carbons (Fsp3) is 0.333.